The van der Waals surface area contributed by atoms with Gasteiger partial charge in [0, 0.05) is 11.0 Å². The summed E-state index contributed by atoms with van der Waals surface area (Å²) >= 11 is 3.13. The van der Waals surface area contributed by atoms with Crippen LogP contribution < -0.4 is 10.1 Å². The van der Waals surface area contributed by atoms with Crippen LogP contribution in [0.2, 0.25) is 0 Å². The summed E-state index contributed by atoms with van der Waals surface area (Å²) in [7, 11) is -2.39. The van der Waals surface area contributed by atoms with Crippen LogP contribution in [0.1, 0.15) is 12.5 Å². The molecule has 1 N–H and O–H groups in total. The van der Waals surface area contributed by atoms with Crippen molar-refractivity contribution in [3.05, 3.63) is 52.3 Å². The van der Waals surface area contributed by atoms with Gasteiger partial charge < -0.3 is 10.1 Å². The normalized spacial score (nSPS) is 11.5. The Bertz CT molecular complexity index is 950. The monoisotopic (exact) mass is 458 g/mol. The fourth-order valence-electron chi connectivity index (χ4n) is 2.47. The second-order valence-electron chi connectivity index (χ2n) is 5.73. The molecule has 0 aliphatic carbocycles. The minimum Gasteiger partial charge on any atom is -0.496 e. The van der Waals surface area contributed by atoms with E-state index in [4.69, 9.17) is 4.74 Å². The summed E-state index contributed by atoms with van der Waals surface area (Å²) in [5, 5.41) is 2.39. The molecule has 6 nitrogen and oxygen atoms in total. The van der Waals surface area contributed by atoms with E-state index in [2.05, 4.69) is 21.2 Å². The molecule has 0 heterocycles. The lowest BCUT2D eigenvalue weighted by atomic mass is 10.2. The van der Waals surface area contributed by atoms with E-state index in [1.165, 1.54) is 31.4 Å². The minimum atomic E-state index is -3.89. The van der Waals surface area contributed by atoms with Crippen LogP contribution in [-0.4, -0.2) is 38.8 Å². The first-order chi connectivity index (χ1) is 12.7. The van der Waals surface area contributed by atoms with Crippen LogP contribution in [0.4, 0.5) is 10.1 Å². The number of hydrogen-bond acceptors (Lipinski definition) is 4. The third-order valence-electron chi connectivity index (χ3n) is 3.88. The molecular weight excluding hydrogens is 439 g/mol. The van der Waals surface area contributed by atoms with Gasteiger partial charge in [0.05, 0.1) is 24.2 Å². The maximum Gasteiger partial charge on any atom is 0.243 e. The van der Waals surface area contributed by atoms with Crippen LogP contribution >= 0.6 is 15.9 Å². The molecule has 27 heavy (non-hydrogen) atoms. The molecule has 146 valence electrons. The van der Waals surface area contributed by atoms with Crippen molar-refractivity contribution in [3.8, 4) is 5.75 Å². The lowest BCUT2D eigenvalue weighted by Gasteiger charge is -2.20. The maximum atomic E-state index is 13.9. The van der Waals surface area contributed by atoms with Gasteiger partial charge in [0.2, 0.25) is 15.9 Å². The van der Waals surface area contributed by atoms with Crippen molar-refractivity contribution in [2.45, 2.75) is 18.7 Å². The number of nitrogens with zero attached hydrogens (tertiary/aromatic N) is 1. The lowest BCUT2D eigenvalue weighted by Crippen LogP contribution is -2.38. The van der Waals surface area contributed by atoms with Crippen molar-refractivity contribution in [1.82, 2.24) is 4.31 Å². The van der Waals surface area contributed by atoms with Crippen LogP contribution in [0.15, 0.2) is 45.8 Å². The summed E-state index contributed by atoms with van der Waals surface area (Å²) in [6.07, 6.45) is 0. The van der Waals surface area contributed by atoms with E-state index >= 15 is 0 Å². The average molecular weight is 459 g/mol. The van der Waals surface area contributed by atoms with Crippen LogP contribution in [0.25, 0.3) is 0 Å². The Morgan fingerprint density at radius 1 is 1.26 bits per heavy atom. The van der Waals surface area contributed by atoms with Gasteiger partial charge in [-0.15, -0.1) is 0 Å². The Morgan fingerprint density at radius 3 is 2.52 bits per heavy atom. The molecule has 0 bridgehead atoms. The molecule has 0 spiro atoms. The summed E-state index contributed by atoms with van der Waals surface area (Å²) in [5.74, 6) is -0.679. The molecular formula is C18H20BrFN2O4S. The molecule has 0 saturated heterocycles. The van der Waals surface area contributed by atoms with Gasteiger partial charge >= 0.3 is 0 Å². The number of rotatable bonds is 7. The largest absolute Gasteiger partial charge is 0.496 e. The van der Waals surface area contributed by atoms with Crippen LogP contribution in [0, 0.1) is 12.7 Å². The number of hydrogen-bond donors (Lipinski definition) is 1. The Balaban J connectivity index is 2.19. The Kier molecular flexibility index (Phi) is 6.96. The van der Waals surface area contributed by atoms with Crippen molar-refractivity contribution >= 4 is 37.5 Å². The molecule has 0 aromatic heterocycles. The molecule has 9 heteroatoms. The number of benzene rings is 2. The van der Waals surface area contributed by atoms with Crippen LogP contribution in [0.3, 0.4) is 0 Å². The number of amides is 1. The minimum absolute atomic E-state index is 0.0167. The molecule has 0 radical (unpaired) electrons. The van der Waals surface area contributed by atoms with Crippen molar-refractivity contribution in [2.75, 3.05) is 25.5 Å². The van der Waals surface area contributed by atoms with Gasteiger partial charge in [-0.25, -0.2) is 12.8 Å². The van der Waals surface area contributed by atoms with E-state index in [1.54, 1.807) is 26.0 Å². The topological polar surface area (TPSA) is 75.7 Å². The van der Waals surface area contributed by atoms with Gasteiger partial charge in [-0.05, 0) is 48.9 Å². The number of nitrogens with one attached hydrogen (secondary N) is 1. The zero-order chi connectivity index (χ0) is 20.2. The fourth-order valence-corrected chi connectivity index (χ4v) is 4.29. The van der Waals surface area contributed by atoms with Gasteiger partial charge in [0.15, 0.2) is 0 Å². The van der Waals surface area contributed by atoms with Gasteiger partial charge in [0.25, 0.3) is 0 Å². The van der Waals surface area contributed by atoms with E-state index in [9.17, 15) is 17.6 Å². The van der Waals surface area contributed by atoms with Crippen molar-refractivity contribution in [1.29, 1.82) is 0 Å². The summed E-state index contributed by atoms with van der Waals surface area (Å²) in [6.45, 7) is 3.02. The highest BCUT2D eigenvalue weighted by atomic mass is 79.9. The van der Waals surface area contributed by atoms with Crippen molar-refractivity contribution < 1.29 is 22.3 Å². The Morgan fingerprint density at radius 2 is 1.96 bits per heavy atom. The fraction of sp³-hybridized carbons (Fsp3) is 0.278. The van der Waals surface area contributed by atoms with Crippen molar-refractivity contribution in [2.24, 2.45) is 0 Å². The molecule has 0 atom stereocenters. The van der Waals surface area contributed by atoms with Gasteiger partial charge in [-0.1, -0.05) is 22.9 Å². The standard InChI is InChI=1S/C18H20BrFN2O4S/c1-4-22(11-18(23)21-16-7-5-13(19)10-15(16)20)27(24,25)14-6-8-17(26-3)12(2)9-14/h5-10H,4,11H2,1-3H3,(H,21,23). The average Bonchev–Trinajstić information content (AvgIpc) is 2.61. The first kappa shape index (κ1) is 21.3. The van der Waals surface area contributed by atoms with Crippen LogP contribution in [0.5, 0.6) is 5.75 Å². The summed E-state index contributed by atoms with van der Waals surface area (Å²) in [4.78, 5) is 12.3. The van der Waals surface area contributed by atoms with Gasteiger partial charge in [-0.3, -0.25) is 4.79 Å². The predicted molar refractivity (Wildman–Crippen MR) is 105 cm³/mol. The third-order valence-corrected chi connectivity index (χ3v) is 6.29. The van der Waals surface area contributed by atoms with Crippen molar-refractivity contribution in [3.63, 3.8) is 0 Å². The van der Waals surface area contributed by atoms with Gasteiger partial charge in [0.1, 0.15) is 11.6 Å². The number of carbonyl (C=O) groups excluding carboxylic acids is 1. The number of sulfonamides is 1. The van der Waals surface area contributed by atoms with E-state index in [1.807, 2.05) is 0 Å². The quantitative estimate of drug-likeness (QED) is 0.687. The highest BCUT2D eigenvalue weighted by Gasteiger charge is 2.26. The molecule has 2 aromatic rings. The molecule has 0 aliphatic heterocycles. The molecule has 0 unspecified atom stereocenters. The number of methoxy groups -OCH3 is 1. The van der Waals surface area contributed by atoms with Crippen LogP contribution in [-0.2, 0) is 14.8 Å². The summed E-state index contributed by atoms with van der Waals surface area (Å²) in [5.41, 5.74) is 0.646. The van der Waals surface area contributed by atoms with E-state index < -0.39 is 28.3 Å². The van der Waals surface area contributed by atoms with E-state index in [0.29, 0.717) is 15.8 Å². The lowest BCUT2D eigenvalue weighted by molar-refractivity contribution is -0.116. The number of ether oxygens (including phenoxy) is 1. The highest BCUT2D eigenvalue weighted by Crippen LogP contribution is 2.24. The molecule has 2 aromatic carbocycles. The Labute approximate surface area is 166 Å². The predicted octanol–water partition coefficient (Wildman–Crippen LogP) is 3.55. The van der Waals surface area contributed by atoms with E-state index in [0.717, 1.165) is 4.31 Å². The summed E-state index contributed by atoms with van der Waals surface area (Å²) < 4.78 is 46.2. The molecule has 0 aliphatic rings. The highest BCUT2D eigenvalue weighted by molar-refractivity contribution is 9.10. The molecule has 0 saturated carbocycles. The second-order valence-corrected chi connectivity index (χ2v) is 8.59. The molecule has 2 rings (SSSR count). The number of aryl methyl sites for hydroxylation is 1. The SMILES string of the molecule is CCN(CC(=O)Nc1ccc(Br)cc1F)S(=O)(=O)c1ccc(OC)c(C)c1. The number of anilines is 1. The third kappa shape index (κ3) is 5.06. The van der Waals surface area contributed by atoms with Gasteiger partial charge in [-0.2, -0.15) is 4.31 Å². The molecule has 1 amide bonds. The number of halogens is 2. The molecule has 0 fully saturated rings. The first-order valence-electron chi connectivity index (χ1n) is 8.08. The first-order valence-corrected chi connectivity index (χ1v) is 10.3. The summed E-state index contributed by atoms with van der Waals surface area (Å²) in [6, 6.07) is 8.67. The zero-order valence-electron chi connectivity index (χ0n) is 15.1. The number of likely N-dealkylation sites (N-methyl/N-ethyl adjacent to an activating group) is 1. The number of carbonyl (C=O) groups is 1. The Hall–Kier alpha value is -1.97. The zero-order valence-corrected chi connectivity index (χ0v) is 17.5. The van der Waals surface area contributed by atoms with E-state index in [-0.39, 0.29) is 17.1 Å². The smallest absolute Gasteiger partial charge is 0.243 e. The maximum absolute atomic E-state index is 13.9. The second kappa shape index (κ2) is 8.81.